The molecule has 5 rings (SSSR count). The second-order valence-electron chi connectivity index (χ2n) is 8.18. The first-order valence-electron chi connectivity index (χ1n) is 11.0. The summed E-state index contributed by atoms with van der Waals surface area (Å²) in [5.41, 5.74) is 0.680. The van der Waals surface area contributed by atoms with Crippen LogP contribution in [0.3, 0.4) is 0 Å². The Morgan fingerprint density at radius 3 is 1.22 bits per heavy atom. The largest absolute Gasteiger partial charge is 0.274 e. The molecule has 0 aliphatic carbocycles. The lowest BCUT2D eigenvalue weighted by molar-refractivity contribution is -0.122. The third-order valence-corrected chi connectivity index (χ3v) is 8.15. The van der Waals surface area contributed by atoms with Gasteiger partial charge in [0, 0.05) is 22.6 Å². The average Bonchev–Trinajstić information content (AvgIpc) is 3.30. The fourth-order valence-corrected chi connectivity index (χ4v) is 6.15. The number of imide groups is 2. The van der Waals surface area contributed by atoms with Gasteiger partial charge in [0.05, 0.1) is 21.9 Å². The highest BCUT2D eigenvalue weighted by atomic mass is 32.2. The van der Waals surface area contributed by atoms with Gasteiger partial charge in [-0.3, -0.25) is 19.2 Å². The highest BCUT2D eigenvalue weighted by Crippen LogP contribution is 2.37. The first-order chi connectivity index (χ1) is 17.3. The normalized spacial score (nSPS) is 20.1. The summed E-state index contributed by atoms with van der Waals surface area (Å²) in [6.45, 7) is 0. The van der Waals surface area contributed by atoms with E-state index < -0.39 is 10.5 Å². The lowest BCUT2D eigenvalue weighted by Crippen LogP contribution is -2.32. The minimum atomic E-state index is -0.631. The molecular formula is C26H18F2N2O4S2. The number of thioether (sulfide) groups is 2. The van der Waals surface area contributed by atoms with Crippen LogP contribution in [0.5, 0.6) is 0 Å². The quantitative estimate of drug-likeness (QED) is 0.431. The molecule has 4 amide bonds. The van der Waals surface area contributed by atoms with Crippen molar-refractivity contribution < 1.29 is 28.0 Å². The number of benzene rings is 3. The van der Waals surface area contributed by atoms with E-state index in [9.17, 15) is 28.0 Å². The highest BCUT2D eigenvalue weighted by Gasteiger charge is 2.42. The van der Waals surface area contributed by atoms with Crippen LogP contribution >= 0.6 is 23.5 Å². The summed E-state index contributed by atoms with van der Waals surface area (Å²) in [5.74, 6) is -2.26. The van der Waals surface area contributed by atoms with Crippen LogP contribution in [0.15, 0.2) is 82.6 Å². The number of anilines is 2. The summed E-state index contributed by atoms with van der Waals surface area (Å²) >= 11 is 2.39. The van der Waals surface area contributed by atoms with Crippen LogP contribution in [0.1, 0.15) is 12.8 Å². The van der Waals surface area contributed by atoms with Crippen molar-refractivity contribution in [2.45, 2.75) is 33.1 Å². The molecular weight excluding hydrogens is 506 g/mol. The van der Waals surface area contributed by atoms with Gasteiger partial charge in [0.15, 0.2) is 0 Å². The molecule has 3 aromatic rings. The summed E-state index contributed by atoms with van der Waals surface area (Å²) in [4.78, 5) is 54.6. The fraction of sp³-hybridized carbons (Fsp3) is 0.154. The Hall–Kier alpha value is -3.50. The van der Waals surface area contributed by atoms with Crippen LogP contribution in [0.2, 0.25) is 0 Å². The van der Waals surface area contributed by atoms with E-state index in [1.807, 2.05) is 0 Å². The Balaban J connectivity index is 1.28. The summed E-state index contributed by atoms with van der Waals surface area (Å²) in [6.07, 6.45) is 0.0159. The van der Waals surface area contributed by atoms with Crippen LogP contribution in [0, 0.1) is 11.6 Å². The number of carbonyl (C=O) groups excluding carboxylic acids is 4. The van der Waals surface area contributed by atoms with Gasteiger partial charge in [0.2, 0.25) is 23.6 Å². The zero-order valence-electron chi connectivity index (χ0n) is 18.6. The van der Waals surface area contributed by atoms with Gasteiger partial charge >= 0.3 is 0 Å². The van der Waals surface area contributed by atoms with Crippen LogP contribution in [0.25, 0.3) is 0 Å². The summed E-state index contributed by atoms with van der Waals surface area (Å²) in [5, 5.41) is -1.26. The molecule has 2 saturated heterocycles. The van der Waals surface area contributed by atoms with Gasteiger partial charge in [-0.05, 0) is 72.8 Å². The number of amides is 4. The van der Waals surface area contributed by atoms with E-state index in [0.717, 1.165) is 9.80 Å². The average molecular weight is 525 g/mol. The molecule has 2 aliphatic rings. The fourth-order valence-electron chi connectivity index (χ4n) is 4.04. The Labute approximate surface area is 213 Å². The van der Waals surface area contributed by atoms with Crippen molar-refractivity contribution in [1.29, 1.82) is 0 Å². The van der Waals surface area contributed by atoms with Crippen molar-refractivity contribution in [3.05, 3.63) is 84.4 Å². The number of hydrogen-bond donors (Lipinski definition) is 0. The van der Waals surface area contributed by atoms with E-state index in [-0.39, 0.29) is 48.1 Å². The third-order valence-electron chi connectivity index (χ3n) is 5.76. The number of carbonyl (C=O) groups is 4. The smallest absolute Gasteiger partial charge is 0.247 e. The van der Waals surface area contributed by atoms with E-state index in [0.29, 0.717) is 21.2 Å². The van der Waals surface area contributed by atoms with Crippen LogP contribution in [0.4, 0.5) is 20.2 Å². The molecule has 0 bridgehead atoms. The maximum absolute atomic E-state index is 13.2. The van der Waals surface area contributed by atoms with Gasteiger partial charge in [-0.25, -0.2) is 18.6 Å². The van der Waals surface area contributed by atoms with Crippen LogP contribution < -0.4 is 9.80 Å². The molecule has 0 spiro atoms. The third kappa shape index (κ3) is 4.78. The lowest BCUT2D eigenvalue weighted by Gasteiger charge is -2.18. The zero-order valence-corrected chi connectivity index (χ0v) is 20.2. The lowest BCUT2D eigenvalue weighted by atomic mass is 10.2. The van der Waals surface area contributed by atoms with E-state index in [4.69, 9.17) is 0 Å². The van der Waals surface area contributed by atoms with E-state index in [1.165, 1.54) is 72.1 Å². The summed E-state index contributed by atoms with van der Waals surface area (Å²) in [7, 11) is 0. The maximum Gasteiger partial charge on any atom is 0.247 e. The van der Waals surface area contributed by atoms with Gasteiger partial charge in [0.1, 0.15) is 11.6 Å². The molecule has 6 nitrogen and oxygen atoms in total. The summed E-state index contributed by atoms with van der Waals surface area (Å²) < 4.78 is 26.3. The monoisotopic (exact) mass is 524 g/mol. The van der Waals surface area contributed by atoms with Gasteiger partial charge in [0.25, 0.3) is 0 Å². The van der Waals surface area contributed by atoms with Crippen molar-refractivity contribution in [3.8, 4) is 0 Å². The predicted molar refractivity (Wildman–Crippen MR) is 133 cm³/mol. The SMILES string of the molecule is O=C1C[C@@H](Sc2ccc(F)cc2)C(=O)N1c1ccc(N2C(=O)C[C@@H](Sc3ccc(F)cc3)C2=O)cc1. The van der Waals surface area contributed by atoms with Crippen LogP contribution in [-0.2, 0) is 19.2 Å². The van der Waals surface area contributed by atoms with Crippen molar-refractivity contribution in [3.63, 3.8) is 0 Å². The number of hydrogen-bond acceptors (Lipinski definition) is 6. The Morgan fingerprint density at radius 2 is 0.889 bits per heavy atom. The summed E-state index contributed by atoms with van der Waals surface area (Å²) in [6, 6.07) is 17.5. The van der Waals surface area contributed by atoms with Gasteiger partial charge in [-0.15, -0.1) is 23.5 Å². The van der Waals surface area contributed by atoms with Gasteiger partial charge in [-0.2, -0.15) is 0 Å². The molecule has 2 heterocycles. The molecule has 2 fully saturated rings. The second-order valence-corrected chi connectivity index (χ2v) is 10.7. The second kappa shape index (κ2) is 9.87. The van der Waals surface area contributed by atoms with E-state index >= 15 is 0 Å². The van der Waals surface area contributed by atoms with Crippen LogP contribution in [-0.4, -0.2) is 34.1 Å². The first kappa shape index (κ1) is 24.2. The van der Waals surface area contributed by atoms with E-state index in [2.05, 4.69) is 0 Å². The van der Waals surface area contributed by atoms with Crippen molar-refractivity contribution in [1.82, 2.24) is 0 Å². The van der Waals surface area contributed by atoms with Gasteiger partial charge in [-0.1, -0.05) is 0 Å². The molecule has 0 aromatic heterocycles. The predicted octanol–water partition coefficient (Wildman–Crippen LogP) is 4.81. The molecule has 0 radical (unpaired) electrons. The van der Waals surface area contributed by atoms with Crippen molar-refractivity contribution in [2.24, 2.45) is 0 Å². The van der Waals surface area contributed by atoms with Crippen molar-refractivity contribution in [2.75, 3.05) is 9.80 Å². The number of halogens is 2. The Morgan fingerprint density at radius 1 is 0.556 bits per heavy atom. The molecule has 0 saturated carbocycles. The first-order valence-corrected chi connectivity index (χ1v) is 12.7. The maximum atomic E-state index is 13.2. The molecule has 0 N–H and O–H groups in total. The number of rotatable bonds is 6. The Kier molecular flexibility index (Phi) is 6.63. The molecule has 0 unspecified atom stereocenters. The molecule has 2 aliphatic heterocycles. The minimum absolute atomic E-state index is 0.00795. The Bertz CT molecular complexity index is 1240. The van der Waals surface area contributed by atoms with Crippen molar-refractivity contribution >= 4 is 58.5 Å². The topological polar surface area (TPSA) is 74.8 Å². The number of nitrogens with zero attached hydrogens (tertiary/aromatic N) is 2. The standard InChI is InChI=1S/C26H18F2N2O4S2/c27-15-1-9-19(10-2-15)35-21-13-23(31)29(25(21)33)17-5-7-18(8-6-17)30-24(32)14-22(26(30)34)36-20-11-3-16(28)4-12-20/h1-12,21-22H,13-14H2/t21-,22-/m1/s1. The van der Waals surface area contributed by atoms with Gasteiger partial charge < -0.3 is 0 Å². The van der Waals surface area contributed by atoms with E-state index in [1.54, 1.807) is 24.3 Å². The molecule has 2 atom stereocenters. The molecule has 3 aromatic carbocycles. The minimum Gasteiger partial charge on any atom is -0.274 e. The molecule has 10 heteroatoms. The zero-order chi connectivity index (χ0) is 25.4. The molecule has 36 heavy (non-hydrogen) atoms. The molecule has 182 valence electrons. The highest BCUT2D eigenvalue weighted by molar-refractivity contribution is 8.01.